The molecule has 0 N–H and O–H groups in total. The molecule has 66 valence electrons. The number of ether oxygens (including phenoxy) is 1. The van der Waals surface area contributed by atoms with E-state index in [0.717, 1.165) is 0 Å². The molecule has 12 heavy (non-hydrogen) atoms. The van der Waals surface area contributed by atoms with Crippen LogP contribution in [0.2, 0.25) is 0 Å². The summed E-state index contributed by atoms with van der Waals surface area (Å²) in [6, 6.07) is 0. The van der Waals surface area contributed by atoms with Crippen LogP contribution in [0.4, 0.5) is 0 Å². The first-order valence-electron chi connectivity index (χ1n) is 3.04. The third-order valence-corrected chi connectivity index (χ3v) is 1.92. The van der Waals surface area contributed by atoms with Crippen molar-refractivity contribution >= 4 is 10.1 Å². The zero-order chi connectivity index (χ0) is 9.07. The van der Waals surface area contributed by atoms with E-state index in [1.165, 1.54) is 6.92 Å². The van der Waals surface area contributed by atoms with Crippen LogP contribution >= 0.6 is 0 Å². The fourth-order valence-electron chi connectivity index (χ4n) is 0.343. The van der Waals surface area contributed by atoms with E-state index in [9.17, 15) is 13.0 Å². The Morgan fingerprint density at radius 2 is 2.08 bits per heavy atom. The van der Waals surface area contributed by atoms with Crippen LogP contribution in [-0.4, -0.2) is 25.0 Å². The molecule has 0 rings (SSSR count). The van der Waals surface area contributed by atoms with Crippen molar-refractivity contribution in [2.24, 2.45) is 0 Å². The first-order chi connectivity index (χ1) is 4.84. The summed E-state index contributed by atoms with van der Waals surface area (Å²) in [5.41, 5.74) is -0.611. The maximum absolute atomic E-state index is 10.2. The molecule has 0 aromatic heterocycles. The first kappa shape index (κ1) is 15.1. The summed E-state index contributed by atoms with van der Waals surface area (Å²) in [5.74, 6) is 0. The Kier molecular flexibility index (Phi) is 7.70. The van der Waals surface area contributed by atoms with Gasteiger partial charge in [0.15, 0.2) is 0 Å². The van der Waals surface area contributed by atoms with E-state index in [2.05, 4.69) is 11.3 Å². The molecular weight excluding hydrogens is 191 g/mol. The van der Waals surface area contributed by atoms with Gasteiger partial charge in [-0.25, -0.2) is 8.42 Å². The summed E-state index contributed by atoms with van der Waals surface area (Å²) in [6.45, 7) is 6.47. The molecule has 0 amide bonds. The van der Waals surface area contributed by atoms with Crippen LogP contribution in [-0.2, 0) is 14.9 Å². The van der Waals surface area contributed by atoms with E-state index in [-0.39, 0.29) is 36.2 Å². The molecule has 0 spiro atoms. The number of hydrogen-bond acceptors (Lipinski definition) is 4. The van der Waals surface area contributed by atoms with E-state index in [1.807, 2.05) is 0 Å². The Morgan fingerprint density at radius 1 is 1.67 bits per heavy atom. The van der Waals surface area contributed by atoms with Crippen LogP contribution in [0.15, 0.2) is 12.2 Å². The van der Waals surface area contributed by atoms with Crippen molar-refractivity contribution < 1.29 is 47.3 Å². The van der Waals surface area contributed by atoms with Gasteiger partial charge in [0.2, 0.25) is 0 Å². The zero-order valence-electron chi connectivity index (χ0n) is 7.53. The van der Waals surface area contributed by atoms with Gasteiger partial charge in [-0.1, -0.05) is 12.2 Å². The van der Waals surface area contributed by atoms with Crippen LogP contribution in [0.3, 0.4) is 0 Å². The van der Waals surface area contributed by atoms with Gasteiger partial charge in [-0.15, -0.1) is 0 Å². The molecule has 0 aliphatic heterocycles. The maximum atomic E-state index is 10.2. The molecule has 0 bridgehead atoms. The standard InChI is InChI=1S/C6H12O4S.Na/c1-5(2)4-10-6(3)11(7,8)9;/h6H,1,4H2,2-3H3,(H,7,8,9);/q;+1/p-1. The molecule has 0 saturated carbocycles. The van der Waals surface area contributed by atoms with Crippen LogP contribution in [0.5, 0.6) is 0 Å². The minimum absolute atomic E-state index is 0. The molecule has 1 atom stereocenters. The van der Waals surface area contributed by atoms with E-state index < -0.39 is 15.6 Å². The minimum atomic E-state index is -4.31. The van der Waals surface area contributed by atoms with E-state index in [4.69, 9.17) is 0 Å². The molecule has 0 aromatic rings. The fraction of sp³-hybridized carbons (Fsp3) is 0.667. The molecule has 1 unspecified atom stereocenters. The summed E-state index contributed by atoms with van der Waals surface area (Å²) in [7, 11) is -4.31. The van der Waals surface area contributed by atoms with Gasteiger partial charge in [0.05, 0.1) is 6.61 Å². The smallest absolute Gasteiger partial charge is 0.746 e. The molecule has 0 saturated heterocycles. The third-order valence-electron chi connectivity index (χ3n) is 0.971. The van der Waals surface area contributed by atoms with Crippen molar-refractivity contribution in [3.63, 3.8) is 0 Å². The van der Waals surface area contributed by atoms with Crippen LogP contribution in [0, 0.1) is 0 Å². The molecule has 0 aliphatic carbocycles. The van der Waals surface area contributed by atoms with Crippen molar-refractivity contribution in [3.05, 3.63) is 12.2 Å². The molecule has 0 radical (unpaired) electrons. The second-order valence-corrected chi connectivity index (χ2v) is 3.98. The van der Waals surface area contributed by atoms with Gasteiger partial charge >= 0.3 is 29.6 Å². The predicted molar refractivity (Wildman–Crippen MR) is 39.9 cm³/mol. The monoisotopic (exact) mass is 202 g/mol. The topological polar surface area (TPSA) is 66.4 Å². The van der Waals surface area contributed by atoms with Gasteiger partial charge in [0.1, 0.15) is 15.6 Å². The van der Waals surface area contributed by atoms with E-state index in [0.29, 0.717) is 5.57 Å². The normalized spacial score (nSPS) is 13.2. The summed E-state index contributed by atoms with van der Waals surface area (Å²) in [6.07, 6.45) is 0. The Labute approximate surface area is 95.0 Å². The summed E-state index contributed by atoms with van der Waals surface area (Å²) in [5, 5.41) is 0. The molecule has 0 aliphatic rings. The SMILES string of the molecule is C=C(C)COC(C)S(=O)(=O)[O-].[Na+]. The van der Waals surface area contributed by atoms with E-state index in [1.54, 1.807) is 6.92 Å². The minimum Gasteiger partial charge on any atom is -0.746 e. The van der Waals surface area contributed by atoms with Gasteiger partial charge < -0.3 is 9.29 Å². The largest absolute Gasteiger partial charge is 1.00 e. The van der Waals surface area contributed by atoms with Crippen LogP contribution in [0.1, 0.15) is 13.8 Å². The molecule has 4 nitrogen and oxygen atoms in total. The fourth-order valence-corrected chi connectivity index (χ4v) is 0.578. The summed E-state index contributed by atoms with van der Waals surface area (Å²) >= 11 is 0. The van der Waals surface area contributed by atoms with E-state index >= 15 is 0 Å². The first-order valence-corrected chi connectivity index (χ1v) is 4.52. The van der Waals surface area contributed by atoms with Gasteiger partial charge in [0, 0.05) is 0 Å². The average Bonchev–Trinajstić information content (AvgIpc) is 1.80. The van der Waals surface area contributed by atoms with Crippen molar-refractivity contribution in [3.8, 4) is 0 Å². The quantitative estimate of drug-likeness (QED) is 0.286. The van der Waals surface area contributed by atoms with Gasteiger partial charge in [-0.05, 0) is 13.8 Å². The Bertz CT molecular complexity index is 234. The molecule has 0 heterocycles. The van der Waals surface area contributed by atoms with Crippen molar-refractivity contribution in [1.82, 2.24) is 0 Å². The molecule has 0 fully saturated rings. The van der Waals surface area contributed by atoms with Crippen molar-refractivity contribution in [2.75, 3.05) is 6.61 Å². The van der Waals surface area contributed by atoms with Crippen LogP contribution in [0.25, 0.3) is 0 Å². The van der Waals surface area contributed by atoms with Crippen molar-refractivity contribution in [1.29, 1.82) is 0 Å². The second-order valence-electron chi connectivity index (χ2n) is 2.33. The number of rotatable bonds is 4. The predicted octanol–water partition coefficient (Wildman–Crippen LogP) is -2.53. The number of hydrogen-bond donors (Lipinski definition) is 0. The average molecular weight is 202 g/mol. The van der Waals surface area contributed by atoms with Gasteiger partial charge in [-0.3, -0.25) is 0 Å². The Morgan fingerprint density at radius 3 is 2.33 bits per heavy atom. The molecule has 0 aromatic carbocycles. The summed E-state index contributed by atoms with van der Waals surface area (Å²) < 4.78 is 35.4. The Balaban J connectivity index is 0. The van der Waals surface area contributed by atoms with Crippen LogP contribution < -0.4 is 29.6 Å². The van der Waals surface area contributed by atoms with Gasteiger partial charge in [-0.2, -0.15) is 0 Å². The zero-order valence-corrected chi connectivity index (χ0v) is 10.3. The summed E-state index contributed by atoms with van der Waals surface area (Å²) in [4.78, 5) is 0. The Hall–Kier alpha value is 0.610. The third kappa shape index (κ3) is 7.27. The van der Waals surface area contributed by atoms with Gasteiger partial charge in [0.25, 0.3) is 0 Å². The maximum Gasteiger partial charge on any atom is 1.00 e. The second kappa shape index (κ2) is 6.12. The molecular formula is C6H11NaO4S. The van der Waals surface area contributed by atoms with Crippen molar-refractivity contribution in [2.45, 2.75) is 19.3 Å². The molecule has 6 heteroatoms.